The van der Waals surface area contributed by atoms with Crippen LogP contribution in [0.25, 0.3) is 27.7 Å². The zero-order valence-electron chi connectivity index (χ0n) is 17.1. The zero-order valence-corrected chi connectivity index (χ0v) is 17.9. The van der Waals surface area contributed by atoms with Crippen LogP contribution in [-0.2, 0) is 13.1 Å². The van der Waals surface area contributed by atoms with Crippen molar-refractivity contribution in [2.45, 2.75) is 19.5 Å². The predicted octanol–water partition coefficient (Wildman–Crippen LogP) is 4.22. The molecule has 4 heterocycles. The van der Waals surface area contributed by atoms with Crippen molar-refractivity contribution in [2.24, 2.45) is 0 Å². The summed E-state index contributed by atoms with van der Waals surface area (Å²) in [7, 11) is 0. The van der Waals surface area contributed by atoms with Crippen LogP contribution >= 0.6 is 11.6 Å². The molecule has 0 aliphatic heterocycles. The van der Waals surface area contributed by atoms with Crippen LogP contribution in [-0.4, -0.2) is 14.0 Å². The molecule has 5 aromatic rings. The van der Waals surface area contributed by atoms with Crippen molar-refractivity contribution in [1.29, 1.82) is 5.26 Å². The number of aromatic nitrogens is 4. The van der Waals surface area contributed by atoms with E-state index in [2.05, 4.69) is 11.1 Å². The Kier molecular flexibility index (Phi) is 5.18. The third kappa shape index (κ3) is 3.53. The Bertz CT molecular complexity index is 1540. The summed E-state index contributed by atoms with van der Waals surface area (Å²) in [4.78, 5) is 17.7. The summed E-state index contributed by atoms with van der Waals surface area (Å²) in [6.45, 7) is 1.11. The van der Waals surface area contributed by atoms with E-state index < -0.39 is 0 Å². The third-order valence-electron chi connectivity index (χ3n) is 5.55. The van der Waals surface area contributed by atoms with Gasteiger partial charge in [-0.1, -0.05) is 41.9 Å². The highest BCUT2D eigenvalue weighted by molar-refractivity contribution is 6.29. The highest BCUT2D eigenvalue weighted by atomic mass is 35.5. The van der Waals surface area contributed by atoms with Gasteiger partial charge in [-0.2, -0.15) is 9.66 Å². The van der Waals surface area contributed by atoms with Crippen molar-refractivity contribution in [3.63, 3.8) is 0 Å². The third-order valence-corrected chi connectivity index (χ3v) is 5.78. The van der Waals surface area contributed by atoms with Crippen LogP contribution in [0.2, 0.25) is 5.15 Å². The van der Waals surface area contributed by atoms with Gasteiger partial charge >= 0.3 is 5.56 Å². The molecule has 0 fully saturated rings. The smallest absolute Gasteiger partial charge is 0.346 e. The lowest BCUT2D eigenvalue weighted by Gasteiger charge is -2.07. The van der Waals surface area contributed by atoms with Gasteiger partial charge in [-0.3, -0.25) is 0 Å². The van der Waals surface area contributed by atoms with Gasteiger partial charge in [0, 0.05) is 47.0 Å². The number of para-hydroxylation sites is 1. The maximum atomic E-state index is 13.5. The minimum absolute atomic E-state index is 0.0886. The van der Waals surface area contributed by atoms with Crippen molar-refractivity contribution < 1.29 is 4.57 Å². The molecule has 0 bridgehead atoms. The first kappa shape index (κ1) is 20.0. The fourth-order valence-electron chi connectivity index (χ4n) is 4.07. The van der Waals surface area contributed by atoms with Gasteiger partial charge in [-0.15, -0.1) is 0 Å². The zero-order chi connectivity index (χ0) is 22.1. The Balaban J connectivity index is 1.73. The van der Waals surface area contributed by atoms with Crippen molar-refractivity contribution in [3.8, 4) is 17.2 Å². The van der Waals surface area contributed by atoms with Crippen molar-refractivity contribution in [1.82, 2.24) is 14.0 Å². The molecule has 0 saturated heterocycles. The lowest BCUT2D eigenvalue weighted by molar-refractivity contribution is -0.665. The second-order valence-electron chi connectivity index (χ2n) is 7.56. The van der Waals surface area contributed by atoms with Gasteiger partial charge in [0.1, 0.15) is 23.5 Å². The largest absolute Gasteiger partial charge is 0.350 e. The number of rotatable bonds is 5. The number of nitriles is 1. The summed E-state index contributed by atoms with van der Waals surface area (Å²) in [5, 5.41) is 10.5. The van der Waals surface area contributed by atoms with Crippen LogP contribution in [0.5, 0.6) is 0 Å². The normalized spacial score (nSPS) is 11.1. The molecule has 0 aliphatic rings. The van der Waals surface area contributed by atoms with Crippen molar-refractivity contribution >= 4 is 28.2 Å². The monoisotopic (exact) mass is 440 g/mol. The molecule has 0 spiro atoms. The minimum atomic E-state index is -0.0886. The molecule has 0 N–H and O–H groups in total. The van der Waals surface area contributed by atoms with E-state index in [0.717, 1.165) is 27.7 Å². The summed E-state index contributed by atoms with van der Waals surface area (Å²) in [6, 6.07) is 19.5. The summed E-state index contributed by atoms with van der Waals surface area (Å²) >= 11 is 5.94. The Morgan fingerprint density at radius 2 is 1.91 bits per heavy atom. The van der Waals surface area contributed by atoms with Crippen LogP contribution in [0.15, 0.2) is 84.2 Å². The van der Waals surface area contributed by atoms with E-state index in [1.165, 1.54) is 0 Å². The highest BCUT2D eigenvalue weighted by Gasteiger charge is 2.21. The Morgan fingerprint density at radius 1 is 1.06 bits per heavy atom. The first-order valence-corrected chi connectivity index (χ1v) is 10.6. The molecule has 4 aromatic heterocycles. The Morgan fingerprint density at radius 3 is 2.72 bits per heavy atom. The average molecular weight is 441 g/mol. The summed E-state index contributed by atoms with van der Waals surface area (Å²) in [5.74, 6) is 0. The van der Waals surface area contributed by atoms with E-state index in [1.54, 1.807) is 22.9 Å². The lowest BCUT2D eigenvalue weighted by atomic mass is 10.1. The van der Waals surface area contributed by atoms with Gasteiger partial charge in [-0.05, 0) is 18.2 Å². The van der Waals surface area contributed by atoms with Gasteiger partial charge in [0.15, 0.2) is 0 Å². The Labute approximate surface area is 189 Å². The van der Waals surface area contributed by atoms with Gasteiger partial charge in [0.05, 0.1) is 18.7 Å². The summed E-state index contributed by atoms with van der Waals surface area (Å²) in [5.41, 5.74) is 4.13. The second kappa shape index (κ2) is 8.29. The first-order chi connectivity index (χ1) is 15.7. The fraction of sp³-hybridized carbons (Fsp3) is 0.120. The lowest BCUT2D eigenvalue weighted by Crippen LogP contribution is -2.40. The molecule has 1 aromatic carbocycles. The molecular weight excluding hydrogens is 422 g/mol. The van der Waals surface area contributed by atoms with Crippen LogP contribution in [0.3, 0.4) is 0 Å². The number of hydrogen-bond donors (Lipinski definition) is 0. The van der Waals surface area contributed by atoms with Gasteiger partial charge in [0.2, 0.25) is 0 Å². The fourth-order valence-corrected chi connectivity index (χ4v) is 4.18. The Hall–Kier alpha value is -3.95. The molecular formula is C25H19ClN5O+. The standard InChI is InChI=1S/C25H19ClN5O/c26-23-10-9-18(14-28-23)15-30-17-21(25(32)31-13-4-3-8-24(30)31)20-16-29(12-5-11-27)22-7-2-1-6-19(20)22/h1-4,6-10,13-14,16-17H,5,12,15H2/q+1. The number of halogens is 1. The molecule has 0 aliphatic carbocycles. The van der Waals surface area contributed by atoms with Crippen LogP contribution in [0.4, 0.5) is 0 Å². The molecule has 5 rings (SSSR count). The number of pyridine rings is 2. The molecule has 0 atom stereocenters. The minimum Gasteiger partial charge on any atom is -0.346 e. The highest BCUT2D eigenvalue weighted by Crippen LogP contribution is 2.28. The molecule has 0 amide bonds. The van der Waals surface area contributed by atoms with Crippen LogP contribution in [0.1, 0.15) is 12.0 Å². The van der Waals surface area contributed by atoms with E-state index in [1.807, 2.05) is 70.1 Å². The molecule has 156 valence electrons. The second-order valence-corrected chi connectivity index (χ2v) is 7.94. The number of nitrogens with zero attached hydrogens (tertiary/aromatic N) is 5. The summed E-state index contributed by atoms with van der Waals surface area (Å²) in [6.07, 6.45) is 7.81. The molecule has 32 heavy (non-hydrogen) atoms. The quantitative estimate of drug-likeness (QED) is 0.303. The van der Waals surface area contributed by atoms with E-state index in [9.17, 15) is 4.79 Å². The number of aryl methyl sites for hydroxylation is 1. The maximum Gasteiger partial charge on any atom is 0.350 e. The van der Waals surface area contributed by atoms with Crippen LogP contribution in [0, 0.1) is 11.3 Å². The summed E-state index contributed by atoms with van der Waals surface area (Å²) < 4.78 is 5.75. The van der Waals surface area contributed by atoms with Crippen molar-refractivity contribution in [2.75, 3.05) is 0 Å². The molecule has 0 radical (unpaired) electrons. The molecule has 0 saturated carbocycles. The van der Waals surface area contributed by atoms with E-state index in [-0.39, 0.29) is 5.56 Å². The molecule has 0 unspecified atom stereocenters. The number of fused-ring (bicyclic) bond motifs is 2. The predicted molar refractivity (Wildman–Crippen MR) is 123 cm³/mol. The number of benzene rings is 1. The van der Waals surface area contributed by atoms with E-state index in [4.69, 9.17) is 16.9 Å². The van der Waals surface area contributed by atoms with Gasteiger partial charge in [0.25, 0.3) is 5.65 Å². The first-order valence-electron chi connectivity index (χ1n) is 10.2. The van der Waals surface area contributed by atoms with Crippen LogP contribution < -0.4 is 10.1 Å². The van der Waals surface area contributed by atoms with Crippen molar-refractivity contribution in [3.05, 3.63) is 100 Å². The van der Waals surface area contributed by atoms with E-state index in [0.29, 0.717) is 30.2 Å². The van der Waals surface area contributed by atoms with E-state index >= 15 is 0 Å². The van der Waals surface area contributed by atoms with Gasteiger partial charge < -0.3 is 4.57 Å². The molecule has 7 heteroatoms. The topological polar surface area (TPSA) is 67.0 Å². The SMILES string of the molecule is N#CCCn1cc(-c2c[n+](Cc3ccc(Cl)nc3)c3ccccn3c2=O)c2ccccc21. The number of hydrogen-bond acceptors (Lipinski definition) is 3. The maximum absolute atomic E-state index is 13.5. The van der Waals surface area contributed by atoms with Gasteiger partial charge in [-0.25, -0.2) is 14.3 Å². The average Bonchev–Trinajstić information content (AvgIpc) is 3.19. The molecule has 6 nitrogen and oxygen atoms in total.